The van der Waals surface area contributed by atoms with Crippen LogP contribution in [0.15, 0.2) is 73.8 Å². The lowest BCUT2D eigenvalue weighted by Crippen LogP contribution is -2.21. The lowest BCUT2D eigenvalue weighted by Gasteiger charge is -2.22. The zero-order valence-electron chi connectivity index (χ0n) is 20.0. The van der Waals surface area contributed by atoms with Gasteiger partial charge in [-0.1, -0.05) is 6.07 Å². The quantitative estimate of drug-likeness (QED) is 0.264. The second-order valence-corrected chi connectivity index (χ2v) is 10.9. The van der Waals surface area contributed by atoms with Gasteiger partial charge in [0.2, 0.25) is 0 Å². The van der Waals surface area contributed by atoms with E-state index in [2.05, 4.69) is 9.89 Å². The van der Waals surface area contributed by atoms with E-state index in [0.717, 1.165) is 30.9 Å². The Kier molecular flexibility index (Phi) is 6.93. The molecule has 2 N–H and O–H groups in total. The highest BCUT2D eigenvalue weighted by atomic mass is 32.2. The molecule has 0 saturated carbocycles. The number of hydrogen-bond acceptors (Lipinski definition) is 7. The zero-order chi connectivity index (χ0) is 26.3. The van der Waals surface area contributed by atoms with Crippen molar-refractivity contribution in [3.63, 3.8) is 0 Å². The van der Waals surface area contributed by atoms with E-state index in [9.17, 15) is 25.9 Å². The smallest absolute Gasteiger partial charge is 0.295 e. The van der Waals surface area contributed by atoms with Gasteiger partial charge in [0.15, 0.2) is 0 Å². The van der Waals surface area contributed by atoms with Crippen LogP contribution < -0.4 is 10.3 Å². The van der Waals surface area contributed by atoms with Crippen LogP contribution in [0, 0.1) is 0 Å². The molecule has 11 heteroatoms. The predicted molar refractivity (Wildman–Crippen MR) is 138 cm³/mol. The normalized spacial score (nSPS) is 13.0. The number of hydrogen-bond donors (Lipinski definition) is 2. The minimum atomic E-state index is -4.88. The van der Waals surface area contributed by atoms with Gasteiger partial charge in [-0.05, 0) is 57.2 Å². The highest BCUT2D eigenvalue weighted by molar-refractivity contribution is 7.86. The first kappa shape index (κ1) is 25.8. The minimum absolute atomic E-state index is 0.0615. The van der Waals surface area contributed by atoms with E-state index in [1.807, 2.05) is 32.9 Å². The zero-order valence-corrected chi connectivity index (χ0v) is 21.6. The monoisotopic (exact) mass is 530 g/mol. The van der Waals surface area contributed by atoms with Crippen LogP contribution in [-0.2, 0) is 20.2 Å². The fraction of sp³-hybridized carbons (Fsp3) is 0.240. The summed E-state index contributed by atoms with van der Waals surface area (Å²) in [6.45, 7) is 8.06. The van der Waals surface area contributed by atoms with Gasteiger partial charge in [-0.3, -0.25) is 14.1 Å². The number of nitrogens with zero attached hydrogens (tertiary/aromatic N) is 2. The van der Waals surface area contributed by atoms with Crippen LogP contribution in [0.4, 0.5) is 5.69 Å². The molecule has 36 heavy (non-hydrogen) atoms. The fourth-order valence-electron chi connectivity index (χ4n) is 4.31. The number of fused-ring (bicyclic) bond motifs is 2. The highest BCUT2D eigenvalue weighted by Gasteiger charge is 2.26. The molecule has 4 rings (SSSR count). The first-order valence-corrected chi connectivity index (χ1v) is 14.2. The Hall–Kier alpha value is -3.25. The van der Waals surface area contributed by atoms with Gasteiger partial charge in [-0.15, -0.1) is 0 Å². The van der Waals surface area contributed by atoms with Gasteiger partial charge in [0.25, 0.3) is 20.2 Å². The Morgan fingerprint density at radius 1 is 0.833 bits per heavy atom. The van der Waals surface area contributed by atoms with Gasteiger partial charge in [-0.2, -0.15) is 16.8 Å². The van der Waals surface area contributed by atoms with Gasteiger partial charge in [0, 0.05) is 59.5 Å². The fourth-order valence-corrected chi connectivity index (χ4v) is 5.61. The summed E-state index contributed by atoms with van der Waals surface area (Å²) in [5, 5.41) is 1.23. The van der Waals surface area contributed by atoms with Crippen LogP contribution in [0.3, 0.4) is 0 Å². The van der Waals surface area contributed by atoms with Gasteiger partial charge in [0.1, 0.15) is 16.2 Å². The standard InChI is InChI=1S/C25H26N2O7S2/c1-4-26-16-7-10-19-22(13-16)34-23-14-17(27(5-2)6-3)8-11-20(23)25(19)21-12-9-18(35(28,29)30)15-24(21)36(31,32)33/h7-15H,4-6H2,1-3H3,(H,28,29,30)(H,31,32,33)/b26-16-. The van der Waals surface area contributed by atoms with E-state index in [4.69, 9.17) is 4.42 Å². The summed E-state index contributed by atoms with van der Waals surface area (Å²) in [7, 11) is -9.60. The molecule has 9 nitrogen and oxygen atoms in total. The van der Waals surface area contributed by atoms with Crippen molar-refractivity contribution in [3.8, 4) is 22.5 Å². The van der Waals surface area contributed by atoms with Gasteiger partial charge < -0.3 is 9.32 Å². The molecule has 2 aliphatic rings. The molecule has 0 saturated heterocycles. The summed E-state index contributed by atoms with van der Waals surface area (Å²) in [5.74, 6) is 0.434. The van der Waals surface area contributed by atoms with E-state index in [1.54, 1.807) is 24.3 Å². The SMILES string of the molecule is CC/N=c1/ccc2c(-c3ccc(S(=O)(=O)O)cc3S(=O)(=O)O)c3ccc(N(CC)CC)cc3oc-2c1. The molecular weight excluding hydrogens is 504 g/mol. The van der Waals surface area contributed by atoms with Crippen molar-refractivity contribution in [2.75, 3.05) is 24.5 Å². The first-order chi connectivity index (χ1) is 17.0. The van der Waals surface area contributed by atoms with Crippen LogP contribution in [0.1, 0.15) is 20.8 Å². The summed E-state index contributed by atoms with van der Waals surface area (Å²) >= 11 is 0. The van der Waals surface area contributed by atoms with Crippen molar-refractivity contribution in [1.82, 2.24) is 0 Å². The van der Waals surface area contributed by atoms with Gasteiger partial charge >= 0.3 is 0 Å². The molecule has 0 fully saturated rings. The number of rotatable bonds is 7. The van der Waals surface area contributed by atoms with Crippen LogP contribution in [-0.4, -0.2) is 45.6 Å². The molecular formula is C25H26N2O7S2. The van der Waals surface area contributed by atoms with Crippen molar-refractivity contribution in [2.45, 2.75) is 30.6 Å². The second kappa shape index (κ2) is 9.66. The van der Waals surface area contributed by atoms with Crippen molar-refractivity contribution in [3.05, 3.63) is 60.0 Å². The van der Waals surface area contributed by atoms with E-state index in [1.165, 1.54) is 6.07 Å². The second-order valence-electron chi connectivity index (χ2n) is 8.09. The molecule has 0 atom stereocenters. The Bertz CT molecular complexity index is 1700. The summed E-state index contributed by atoms with van der Waals surface area (Å²) in [6.07, 6.45) is 0. The number of anilines is 1. The van der Waals surface area contributed by atoms with E-state index in [-0.39, 0.29) is 5.56 Å². The topological polar surface area (TPSA) is 137 Å². The molecule has 2 aromatic carbocycles. The molecule has 2 aromatic rings. The van der Waals surface area contributed by atoms with Crippen LogP contribution >= 0.6 is 0 Å². The third kappa shape index (κ3) is 4.87. The van der Waals surface area contributed by atoms with Crippen molar-refractivity contribution < 1.29 is 30.4 Å². The Morgan fingerprint density at radius 3 is 2.14 bits per heavy atom. The summed E-state index contributed by atoms with van der Waals surface area (Å²) < 4.78 is 73.8. The van der Waals surface area contributed by atoms with Gasteiger partial charge in [-0.25, -0.2) is 0 Å². The predicted octanol–water partition coefficient (Wildman–Crippen LogP) is 4.46. The molecule has 0 spiro atoms. The lowest BCUT2D eigenvalue weighted by atomic mass is 9.93. The molecule has 1 aliphatic carbocycles. The molecule has 190 valence electrons. The minimum Gasteiger partial charge on any atom is -0.456 e. The van der Waals surface area contributed by atoms with Crippen molar-refractivity contribution in [1.29, 1.82) is 0 Å². The average molecular weight is 531 g/mol. The van der Waals surface area contributed by atoms with Gasteiger partial charge in [0.05, 0.1) is 10.3 Å². The largest absolute Gasteiger partial charge is 0.456 e. The third-order valence-corrected chi connectivity index (χ3v) is 7.70. The lowest BCUT2D eigenvalue weighted by molar-refractivity contribution is 0.481. The molecule has 1 aliphatic heterocycles. The third-order valence-electron chi connectivity index (χ3n) is 5.96. The Morgan fingerprint density at radius 2 is 1.53 bits per heavy atom. The maximum absolute atomic E-state index is 12.4. The summed E-state index contributed by atoms with van der Waals surface area (Å²) in [4.78, 5) is 5.24. The highest BCUT2D eigenvalue weighted by Crippen LogP contribution is 2.43. The molecule has 0 aromatic heterocycles. The number of benzene rings is 3. The van der Waals surface area contributed by atoms with Crippen LogP contribution in [0.2, 0.25) is 0 Å². The first-order valence-electron chi connectivity index (χ1n) is 11.3. The molecule has 0 bridgehead atoms. The summed E-state index contributed by atoms with van der Waals surface area (Å²) in [5.41, 5.74) is 2.40. The van der Waals surface area contributed by atoms with E-state index >= 15 is 0 Å². The Labute approximate surface area is 209 Å². The van der Waals surface area contributed by atoms with E-state index < -0.39 is 30.0 Å². The van der Waals surface area contributed by atoms with Crippen molar-refractivity contribution in [2.24, 2.45) is 4.99 Å². The molecule has 0 unspecified atom stereocenters. The maximum atomic E-state index is 12.4. The van der Waals surface area contributed by atoms with E-state index in [0.29, 0.717) is 39.8 Å². The van der Waals surface area contributed by atoms with Crippen LogP contribution in [0.25, 0.3) is 33.4 Å². The summed E-state index contributed by atoms with van der Waals surface area (Å²) in [6, 6.07) is 13.9. The Balaban J connectivity index is 2.17. The molecule has 0 amide bonds. The average Bonchev–Trinajstić information content (AvgIpc) is 2.82. The molecule has 0 radical (unpaired) electrons. The maximum Gasteiger partial charge on any atom is 0.295 e. The molecule has 1 heterocycles. The van der Waals surface area contributed by atoms with Crippen LogP contribution in [0.5, 0.6) is 0 Å². The van der Waals surface area contributed by atoms with Crippen molar-refractivity contribution >= 4 is 36.9 Å².